The van der Waals surface area contributed by atoms with Crippen LogP contribution in [0.4, 0.5) is 34.1 Å². The average molecular weight is 1540 g/mol. The van der Waals surface area contributed by atoms with Gasteiger partial charge in [-0.2, -0.15) is 0 Å². The molecule has 13 aromatic rings. The minimum Gasteiger partial charge on any atom is -0.496 e. The second kappa shape index (κ2) is 44.3. The number of benzene rings is 13. The number of methoxy groups -OCH3 is 1. The number of aliphatic hydroxyl groups is 2. The molecule has 117 heavy (non-hydrogen) atoms. The van der Waals surface area contributed by atoms with Crippen molar-refractivity contribution in [3.05, 3.63) is 404 Å². The molecule has 0 aliphatic carbocycles. The summed E-state index contributed by atoms with van der Waals surface area (Å²) in [6.45, 7) is 11.9. The Morgan fingerprint density at radius 1 is 0.308 bits per heavy atom. The molecule has 0 aromatic heterocycles. The van der Waals surface area contributed by atoms with Gasteiger partial charge in [0.2, 0.25) is 0 Å². The molecule has 0 amide bonds. The van der Waals surface area contributed by atoms with Gasteiger partial charge >= 0.3 is 0 Å². The molecule has 0 radical (unpaired) electrons. The lowest BCUT2D eigenvalue weighted by Crippen LogP contribution is -2.10. The predicted molar refractivity (Wildman–Crippen MR) is 503 cm³/mol. The molecule has 13 aromatic carbocycles. The van der Waals surface area contributed by atoms with Crippen molar-refractivity contribution in [3.8, 4) is 22.6 Å². The minimum atomic E-state index is -0.0728. The summed E-state index contributed by atoms with van der Waals surface area (Å²) in [5.74, 6) is 2.92. The molecule has 2 N–H and O–H groups in total. The Kier molecular flexibility index (Phi) is 31.8. The molecule has 1 atom stereocenters. The van der Waals surface area contributed by atoms with Crippen LogP contribution in [0.15, 0.2) is 315 Å². The van der Waals surface area contributed by atoms with Crippen LogP contribution in [0.2, 0.25) is 0 Å². The molecule has 0 bridgehead atoms. The van der Waals surface area contributed by atoms with Gasteiger partial charge in [-0.25, -0.2) is 0 Å². The number of anilines is 6. The zero-order valence-corrected chi connectivity index (χ0v) is 68.9. The molecule has 0 saturated heterocycles. The lowest BCUT2D eigenvalue weighted by atomic mass is 9.97. The van der Waals surface area contributed by atoms with Crippen LogP contribution >= 0.6 is 0 Å². The summed E-state index contributed by atoms with van der Waals surface area (Å²) in [6, 6.07) is 111. The van der Waals surface area contributed by atoms with Crippen molar-refractivity contribution < 1.29 is 19.7 Å². The lowest BCUT2D eigenvalue weighted by Gasteiger charge is -2.26. The number of unbranched alkanes of at least 4 members (excludes halogenated alkanes) is 3. The molecule has 6 heteroatoms. The number of hydrogen-bond donors (Lipinski definition) is 2. The molecule has 0 heterocycles. The van der Waals surface area contributed by atoms with Crippen LogP contribution in [-0.2, 0) is 26.1 Å². The van der Waals surface area contributed by atoms with Gasteiger partial charge in [0.1, 0.15) is 11.5 Å². The number of aliphatic hydroxyl groups excluding tert-OH is 2. The van der Waals surface area contributed by atoms with E-state index in [0.29, 0.717) is 12.5 Å². The molecule has 0 fully saturated rings. The van der Waals surface area contributed by atoms with Gasteiger partial charge in [-0.15, -0.1) is 0 Å². The molecule has 6 nitrogen and oxygen atoms in total. The topological polar surface area (TPSA) is 65.4 Å². The van der Waals surface area contributed by atoms with E-state index in [4.69, 9.17) is 9.47 Å². The zero-order chi connectivity index (χ0) is 81.2. The maximum absolute atomic E-state index is 10.6. The highest BCUT2D eigenvalue weighted by molar-refractivity contribution is 5.85. The summed E-state index contributed by atoms with van der Waals surface area (Å²) >= 11 is 0. The quantitative estimate of drug-likeness (QED) is 0.0301. The van der Waals surface area contributed by atoms with Crippen LogP contribution in [0.1, 0.15) is 175 Å². The molecule has 0 aliphatic rings. The molecule has 0 saturated carbocycles. The Balaban J connectivity index is 0.000000219. The predicted octanol–water partition coefficient (Wildman–Crippen LogP) is 29.9. The first-order chi connectivity index (χ1) is 57.5. The first-order valence-corrected chi connectivity index (χ1v) is 41.8. The van der Waals surface area contributed by atoms with Crippen LogP contribution in [0, 0.1) is 11.8 Å². The SMILES string of the molecule is CCCCCCc1ccc(N(c2ccc(/C=C/c3ccccc3)cc2)c2ccc(/C=C/c3cc(OC)c(/C=C/c4ccccc4)cc3CO)cc2)cc1.CCc1ccc(-c2ccc(N(c3ccc(C=Cc4ccccc4)cc3)c3ccc(C=Cc4cc(OCCC(C)CCCC(C)C)c(C=Cc5ccccc5)cc4CO)cc3)cc2)cc1. The van der Waals surface area contributed by atoms with Crippen LogP contribution < -0.4 is 19.3 Å². The summed E-state index contributed by atoms with van der Waals surface area (Å²) in [4.78, 5) is 4.62. The number of rotatable bonds is 36. The van der Waals surface area contributed by atoms with Crippen LogP contribution in [0.3, 0.4) is 0 Å². The Hall–Kier alpha value is -12.6. The normalized spacial score (nSPS) is 11.9. The lowest BCUT2D eigenvalue weighted by molar-refractivity contribution is 0.272. The molecule has 0 aliphatic heterocycles. The third-order valence-electron chi connectivity index (χ3n) is 21.3. The van der Waals surface area contributed by atoms with E-state index >= 15 is 0 Å². The molecule has 0 spiro atoms. The summed E-state index contributed by atoms with van der Waals surface area (Å²) < 4.78 is 12.3. The second-order valence-corrected chi connectivity index (χ2v) is 30.5. The van der Waals surface area contributed by atoms with Gasteiger partial charge in [0.25, 0.3) is 0 Å². The highest BCUT2D eigenvalue weighted by atomic mass is 16.5. The minimum absolute atomic E-state index is 0.0674. The van der Waals surface area contributed by atoms with E-state index < -0.39 is 0 Å². The van der Waals surface area contributed by atoms with E-state index in [2.05, 4.69) is 360 Å². The second-order valence-electron chi connectivity index (χ2n) is 30.5. The monoisotopic (exact) mass is 1540 g/mol. The maximum Gasteiger partial charge on any atom is 0.127 e. The van der Waals surface area contributed by atoms with Crippen LogP contribution in [0.5, 0.6) is 11.5 Å². The Labute approximate surface area is 696 Å². The average Bonchev–Trinajstić information content (AvgIpc) is 0.805. The first kappa shape index (κ1) is 83.8. The third kappa shape index (κ3) is 25.2. The fourth-order valence-corrected chi connectivity index (χ4v) is 14.4. The maximum atomic E-state index is 10.6. The third-order valence-corrected chi connectivity index (χ3v) is 21.3. The molecule has 1 unspecified atom stereocenters. The standard InChI is InChI=1S/C61H63NO2.C50H49NO2/c1-5-48-21-29-53(30-22-48)54-33-39-60(40-34-54)62(58-35-25-51(26-36-58)20-19-49-15-8-6-9-16-49)59-37-27-52(28-38-59)23-31-55-44-61(64-42-41-47(4)14-12-13-46(2)3)56(43-57(55)45-63)32-24-50-17-10-7-11-18-50;1-3-4-5-8-17-41-22-30-47(31-23-41)51(48-32-24-42(25-33-48)19-18-39-13-9-6-10-14-39)49-34-26-43(27-35-49)20-28-44-37-50(53-2)45(36-46(44)38-52)29-21-40-15-11-7-12-16-40/h6-11,15-40,43-44,46-47,63H,5,12-14,41-42,45H2,1-4H3;6-7,9-16,18-37,52H,3-5,8,17,38H2,1-2H3/b;19-18+,28-20+,29-21+. The highest BCUT2D eigenvalue weighted by Gasteiger charge is 2.17. The van der Waals surface area contributed by atoms with Crippen molar-refractivity contribution in [3.63, 3.8) is 0 Å². The van der Waals surface area contributed by atoms with Gasteiger partial charge in [0.05, 0.1) is 26.9 Å². The van der Waals surface area contributed by atoms with E-state index in [1.807, 2.05) is 72.8 Å². The van der Waals surface area contributed by atoms with Crippen molar-refractivity contribution in [2.45, 2.75) is 112 Å². The number of aryl methyl sites for hydroxylation is 2. The summed E-state index contributed by atoms with van der Waals surface area (Å²) in [6.07, 6.45) is 37.2. The van der Waals surface area contributed by atoms with Gasteiger partial charge in [0.15, 0.2) is 0 Å². The first-order valence-electron chi connectivity index (χ1n) is 41.8. The van der Waals surface area contributed by atoms with Crippen molar-refractivity contribution >= 4 is 107 Å². The summed E-state index contributed by atoms with van der Waals surface area (Å²) in [5.41, 5.74) is 26.1. The van der Waals surface area contributed by atoms with E-state index in [9.17, 15) is 10.2 Å². The van der Waals surface area contributed by atoms with Crippen molar-refractivity contribution in [2.75, 3.05) is 23.5 Å². The van der Waals surface area contributed by atoms with E-state index in [1.165, 1.54) is 78.3 Å². The number of nitrogens with zero attached hydrogens (tertiary/aromatic N) is 2. The van der Waals surface area contributed by atoms with Crippen molar-refractivity contribution in [1.29, 1.82) is 0 Å². The van der Waals surface area contributed by atoms with Crippen molar-refractivity contribution in [1.82, 2.24) is 0 Å². The van der Waals surface area contributed by atoms with E-state index in [0.717, 1.165) is 138 Å². The zero-order valence-electron chi connectivity index (χ0n) is 68.9. The fourth-order valence-electron chi connectivity index (χ4n) is 14.4. The summed E-state index contributed by atoms with van der Waals surface area (Å²) in [5, 5.41) is 20.9. The van der Waals surface area contributed by atoms with E-state index in [1.54, 1.807) is 7.11 Å². The van der Waals surface area contributed by atoms with Gasteiger partial charge in [-0.3, -0.25) is 0 Å². The van der Waals surface area contributed by atoms with Crippen molar-refractivity contribution in [2.24, 2.45) is 11.8 Å². The van der Waals surface area contributed by atoms with Gasteiger partial charge in [0, 0.05) is 45.3 Å². The molecule has 13 rings (SSSR count). The number of hydrogen-bond acceptors (Lipinski definition) is 6. The van der Waals surface area contributed by atoms with Crippen LogP contribution in [0.25, 0.3) is 84.0 Å². The fraction of sp³-hybridized carbons (Fsp3) is 0.189. The van der Waals surface area contributed by atoms with Gasteiger partial charge in [-0.05, 0) is 224 Å². The van der Waals surface area contributed by atoms with Crippen LogP contribution in [-0.4, -0.2) is 23.9 Å². The smallest absolute Gasteiger partial charge is 0.127 e. The van der Waals surface area contributed by atoms with Gasteiger partial charge in [-0.1, -0.05) is 364 Å². The molecular weight excluding hydrogens is 1430 g/mol. The van der Waals surface area contributed by atoms with E-state index in [-0.39, 0.29) is 13.2 Å². The van der Waals surface area contributed by atoms with Gasteiger partial charge < -0.3 is 29.5 Å². The highest BCUT2D eigenvalue weighted by Crippen LogP contribution is 2.40. The summed E-state index contributed by atoms with van der Waals surface area (Å²) in [7, 11) is 1.68. The Morgan fingerprint density at radius 2 is 0.632 bits per heavy atom. The Bertz CT molecular complexity index is 5340. The molecule has 590 valence electrons. The molecular formula is C111H112N2O4. The Morgan fingerprint density at radius 3 is 0.991 bits per heavy atom. The number of ether oxygens (including phenoxy) is 2. The largest absolute Gasteiger partial charge is 0.496 e.